The molecule has 0 radical (unpaired) electrons. The fourth-order valence-corrected chi connectivity index (χ4v) is 4.64. The maximum absolute atomic E-state index is 13.5. The van der Waals surface area contributed by atoms with E-state index in [-0.39, 0.29) is 30.1 Å². The van der Waals surface area contributed by atoms with Gasteiger partial charge in [0.2, 0.25) is 11.8 Å². The number of benzene rings is 2. The van der Waals surface area contributed by atoms with Crippen molar-refractivity contribution in [3.8, 4) is 0 Å². The van der Waals surface area contributed by atoms with Crippen LogP contribution in [0.25, 0.3) is 0 Å². The first-order valence-corrected chi connectivity index (χ1v) is 13.0. The SMILES string of the molecule is CC(C)CC(=O)Nc1cccc(C2OC(=O)N(Cc3ccc(F)cc3)C2C(=O)NCCN2CCOCC2)c1. The van der Waals surface area contributed by atoms with Crippen LogP contribution in [-0.4, -0.2) is 73.1 Å². The van der Waals surface area contributed by atoms with Crippen LogP contribution >= 0.6 is 0 Å². The molecule has 0 spiro atoms. The highest BCUT2D eigenvalue weighted by molar-refractivity contribution is 5.91. The van der Waals surface area contributed by atoms with Crippen molar-refractivity contribution in [1.29, 1.82) is 0 Å². The molecule has 2 N–H and O–H groups in total. The predicted octanol–water partition coefficient (Wildman–Crippen LogP) is 3.32. The van der Waals surface area contributed by atoms with Gasteiger partial charge in [0.05, 0.1) is 19.8 Å². The van der Waals surface area contributed by atoms with Gasteiger partial charge in [0.1, 0.15) is 5.82 Å². The quantitative estimate of drug-likeness (QED) is 0.493. The summed E-state index contributed by atoms with van der Waals surface area (Å²) in [4.78, 5) is 42.4. The van der Waals surface area contributed by atoms with Gasteiger partial charge in [0.15, 0.2) is 12.1 Å². The highest BCUT2D eigenvalue weighted by Crippen LogP contribution is 2.35. The molecule has 9 nitrogen and oxygen atoms in total. The number of hydrogen-bond acceptors (Lipinski definition) is 6. The van der Waals surface area contributed by atoms with Gasteiger partial charge in [0.25, 0.3) is 0 Å². The summed E-state index contributed by atoms with van der Waals surface area (Å²) in [6, 6.07) is 11.8. The van der Waals surface area contributed by atoms with Crippen LogP contribution in [0.3, 0.4) is 0 Å². The van der Waals surface area contributed by atoms with Crippen LogP contribution in [0.5, 0.6) is 0 Å². The van der Waals surface area contributed by atoms with E-state index in [0.717, 1.165) is 13.1 Å². The molecule has 2 unspecified atom stereocenters. The van der Waals surface area contributed by atoms with Gasteiger partial charge in [-0.15, -0.1) is 0 Å². The summed E-state index contributed by atoms with van der Waals surface area (Å²) in [5.41, 5.74) is 1.83. The van der Waals surface area contributed by atoms with Crippen molar-refractivity contribution < 1.29 is 28.2 Å². The standard InChI is InChI=1S/C28H35FN4O5/c1-19(2)16-24(34)31-23-5-3-4-21(17-23)26-25(27(35)30-10-11-32-12-14-37-15-13-32)33(28(36)38-26)18-20-6-8-22(29)9-7-20/h3-9,17,19,25-26H,10-16,18H2,1-2H3,(H,30,35)(H,31,34). The molecule has 2 aliphatic rings. The summed E-state index contributed by atoms with van der Waals surface area (Å²) in [5, 5.41) is 5.83. The summed E-state index contributed by atoms with van der Waals surface area (Å²) in [5.74, 6) is -0.634. The van der Waals surface area contributed by atoms with Crippen molar-refractivity contribution in [2.45, 2.75) is 39.0 Å². The van der Waals surface area contributed by atoms with E-state index in [4.69, 9.17) is 9.47 Å². The van der Waals surface area contributed by atoms with Crippen LogP contribution in [0, 0.1) is 11.7 Å². The normalized spacial score (nSPS) is 19.9. The number of morpholine rings is 1. The first kappa shape index (κ1) is 27.5. The van der Waals surface area contributed by atoms with E-state index in [1.54, 1.807) is 36.4 Å². The van der Waals surface area contributed by atoms with E-state index < -0.39 is 18.2 Å². The molecule has 4 rings (SSSR count). The summed E-state index contributed by atoms with van der Waals surface area (Å²) in [6.45, 7) is 8.01. The number of anilines is 1. The third-order valence-electron chi connectivity index (χ3n) is 6.54. The summed E-state index contributed by atoms with van der Waals surface area (Å²) in [7, 11) is 0. The minimum atomic E-state index is -0.946. The molecule has 2 heterocycles. The van der Waals surface area contributed by atoms with E-state index in [9.17, 15) is 18.8 Å². The summed E-state index contributed by atoms with van der Waals surface area (Å²) in [6.07, 6.45) is -1.14. The Hall–Kier alpha value is -3.50. The monoisotopic (exact) mass is 526 g/mol. The Balaban J connectivity index is 1.53. The summed E-state index contributed by atoms with van der Waals surface area (Å²) >= 11 is 0. The molecule has 0 saturated carbocycles. The topological polar surface area (TPSA) is 100 Å². The zero-order valence-corrected chi connectivity index (χ0v) is 21.8. The van der Waals surface area contributed by atoms with Crippen LogP contribution in [0.4, 0.5) is 14.9 Å². The highest BCUT2D eigenvalue weighted by atomic mass is 19.1. The Morgan fingerprint density at radius 2 is 1.84 bits per heavy atom. The van der Waals surface area contributed by atoms with Crippen LogP contribution in [-0.2, 0) is 25.6 Å². The van der Waals surface area contributed by atoms with Crippen LogP contribution in [0.2, 0.25) is 0 Å². The third kappa shape index (κ3) is 7.29. The summed E-state index contributed by atoms with van der Waals surface area (Å²) < 4.78 is 24.5. The molecule has 38 heavy (non-hydrogen) atoms. The van der Waals surface area contributed by atoms with Gasteiger partial charge in [-0.05, 0) is 41.3 Å². The lowest BCUT2D eigenvalue weighted by Gasteiger charge is -2.28. The molecule has 3 amide bonds. The molecule has 2 fully saturated rings. The smallest absolute Gasteiger partial charge is 0.411 e. The minimum Gasteiger partial charge on any atom is -0.438 e. The maximum Gasteiger partial charge on any atom is 0.411 e. The van der Waals surface area contributed by atoms with Gasteiger partial charge in [0, 0.05) is 38.3 Å². The number of carbonyl (C=O) groups excluding carboxylic acids is 3. The molecule has 204 valence electrons. The van der Waals surface area contributed by atoms with Gasteiger partial charge in [-0.25, -0.2) is 9.18 Å². The number of amides is 3. The van der Waals surface area contributed by atoms with Crippen LogP contribution in [0.1, 0.15) is 37.5 Å². The van der Waals surface area contributed by atoms with Crippen molar-refractivity contribution >= 4 is 23.6 Å². The van der Waals surface area contributed by atoms with E-state index >= 15 is 0 Å². The Bertz CT molecular complexity index is 1120. The lowest BCUT2D eigenvalue weighted by Crippen LogP contribution is -2.48. The van der Waals surface area contributed by atoms with Gasteiger partial charge >= 0.3 is 6.09 Å². The fraction of sp³-hybridized carbons (Fsp3) is 0.464. The maximum atomic E-state index is 13.5. The second kappa shape index (κ2) is 12.8. The molecule has 0 aromatic heterocycles. The van der Waals surface area contributed by atoms with Crippen LogP contribution in [0.15, 0.2) is 48.5 Å². The number of rotatable bonds is 10. The number of carbonyl (C=O) groups is 3. The van der Waals surface area contributed by atoms with Crippen LogP contribution < -0.4 is 10.6 Å². The van der Waals surface area contributed by atoms with E-state index in [0.29, 0.717) is 49.5 Å². The molecule has 2 aromatic rings. The average molecular weight is 527 g/mol. The lowest BCUT2D eigenvalue weighted by molar-refractivity contribution is -0.126. The molecule has 2 aromatic carbocycles. The second-order valence-electron chi connectivity index (χ2n) is 10.0. The van der Waals surface area contributed by atoms with E-state index in [1.165, 1.54) is 17.0 Å². The molecule has 2 saturated heterocycles. The molecule has 2 aliphatic heterocycles. The Labute approximate surface area is 222 Å². The number of ether oxygens (including phenoxy) is 2. The zero-order chi connectivity index (χ0) is 27.1. The molecule has 0 aliphatic carbocycles. The Morgan fingerprint density at radius 3 is 2.55 bits per heavy atom. The fourth-order valence-electron chi connectivity index (χ4n) is 4.64. The van der Waals surface area contributed by atoms with Gasteiger partial charge in [-0.3, -0.25) is 19.4 Å². The predicted molar refractivity (Wildman–Crippen MR) is 140 cm³/mol. The minimum absolute atomic E-state index is 0.0853. The molecule has 10 heteroatoms. The number of hydrogen-bond donors (Lipinski definition) is 2. The van der Waals surface area contributed by atoms with Gasteiger partial charge in [-0.2, -0.15) is 0 Å². The number of nitrogens with zero attached hydrogens (tertiary/aromatic N) is 2. The Kier molecular flexibility index (Phi) is 9.30. The average Bonchev–Trinajstić information content (AvgIpc) is 3.21. The van der Waals surface area contributed by atoms with E-state index in [2.05, 4.69) is 15.5 Å². The molecule has 2 atom stereocenters. The number of cyclic esters (lactones) is 1. The van der Waals surface area contributed by atoms with Gasteiger partial charge in [-0.1, -0.05) is 38.1 Å². The number of nitrogens with one attached hydrogen (secondary N) is 2. The highest BCUT2D eigenvalue weighted by Gasteiger charge is 2.47. The molecular weight excluding hydrogens is 491 g/mol. The molecule has 0 bridgehead atoms. The zero-order valence-electron chi connectivity index (χ0n) is 21.8. The first-order valence-electron chi connectivity index (χ1n) is 13.0. The van der Waals surface area contributed by atoms with Crippen molar-refractivity contribution in [1.82, 2.24) is 15.1 Å². The van der Waals surface area contributed by atoms with Gasteiger partial charge < -0.3 is 20.1 Å². The number of halogens is 1. The van der Waals surface area contributed by atoms with Crippen molar-refractivity contribution in [2.75, 3.05) is 44.7 Å². The lowest BCUT2D eigenvalue weighted by atomic mass is 10.00. The Morgan fingerprint density at radius 1 is 1.11 bits per heavy atom. The third-order valence-corrected chi connectivity index (χ3v) is 6.54. The second-order valence-corrected chi connectivity index (χ2v) is 10.0. The largest absolute Gasteiger partial charge is 0.438 e. The van der Waals surface area contributed by atoms with Crippen molar-refractivity contribution in [3.05, 3.63) is 65.5 Å². The molecular formula is C28H35FN4O5. The van der Waals surface area contributed by atoms with E-state index in [1.807, 2.05) is 13.8 Å². The first-order chi connectivity index (χ1) is 18.3. The van der Waals surface area contributed by atoms with Crippen molar-refractivity contribution in [3.63, 3.8) is 0 Å². The van der Waals surface area contributed by atoms with Crippen molar-refractivity contribution in [2.24, 2.45) is 5.92 Å².